The zero-order valence-electron chi connectivity index (χ0n) is 8.49. The number of aliphatic hydroxyl groups is 1. The van der Waals surface area contributed by atoms with Crippen LogP contribution in [0.25, 0.3) is 0 Å². The van der Waals surface area contributed by atoms with Crippen molar-refractivity contribution in [3.63, 3.8) is 0 Å². The molecule has 6 heteroatoms. The van der Waals surface area contributed by atoms with Crippen LogP contribution >= 0.6 is 15.9 Å². The summed E-state index contributed by atoms with van der Waals surface area (Å²) in [5, 5.41) is 12.7. The van der Waals surface area contributed by atoms with Gasteiger partial charge in [-0.05, 0) is 28.4 Å². The normalized spacial score (nSPS) is 25.4. The first-order valence-corrected chi connectivity index (χ1v) is 5.79. The first-order valence-electron chi connectivity index (χ1n) is 5.00. The lowest BCUT2D eigenvalue weighted by molar-refractivity contribution is -0.0135. The van der Waals surface area contributed by atoms with Crippen LogP contribution in [0.1, 0.15) is 6.42 Å². The highest BCUT2D eigenvalue weighted by atomic mass is 79.9. The Kier molecular flexibility index (Phi) is 3.73. The van der Waals surface area contributed by atoms with E-state index in [-0.39, 0.29) is 6.04 Å². The highest BCUT2D eigenvalue weighted by Gasteiger charge is 2.24. The summed E-state index contributed by atoms with van der Waals surface area (Å²) >= 11 is 3.22. The van der Waals surface area contributed by atoms with Crippen LogP contribution < -0.4 is 5.32 Å². The van der Waals surface area contributed by atoms with E-state index in [4.69, 9.17) is 4.74 Å². The average molecular weight is 291 g/mol. The second-order valence-electron chi connectivity index (χ2n) is 3.67. The van der Waals surface area contributed by atoms with Crippen molar-refractivity contribution in [1.29, 1.82) is 0 Å². The molecule has 2 heterocycles. The Bertz CT molecular complexity index is 378. The molecular formula is C10H12BrFN2O2. The van der Waals surface area contributed by atoms with Crippen molar-refractivity contribution in [3.05, 3.63) is 22.6 Å². The molecule has 0 aliphatic carbocycles. The number of aliphatic hydroxyl groups excluding tert-OH is 1. The maximum atomic E-state index is 12.8. The van der Waals surface area contributed by atoms with Gasteiger partial charge in [0.05, 0.1) is 29.4 Å². The van der Waals surface area contributed by atoms with Gasteiger partial charge in [0.25, 0.3) is 0 Å². The van der Waals surface area contributed by atoms with Crippen molar-refractivity contribution in [2.45, 2.75) is 18.6 Å². The van der Waals surface area contributed by atoms with Gasteiger partial charge in [0, 0.05) is 6.61 Å². The first kappa shape index (κ1) is 11.8. The van der Waals surface area contributed by atoms with Gasteiger partial charge in [0.2, 0.25) is 0 Å². The Balaban J connectivity index is 2.07. The molecule has 0 bridgehead atoms. The summed E-state index contributed by atoms with van der Waals surface area (Å²) < 4.78 is 18.5. The van der Waals surface area contributed by atoms with Gasteiger partial charge >= 0.3 is 0 Å². The molecule has 0 unspecified atom stereocenters. The molecule has 1 fully saturated rings. The summed E-state index contributed by atoms with van der Waals surface area (Å²) in [7, 11) is 0. The SMILES string of the molecule is O[C@@H]1COCC[C@H]1Nc1ncc(F)cc1Br. The molecule has 1 aromatic rings. The number of halogens is 2. The molecule has 0 saturated carbocycles. The summed E-state index contributed by atoms with van der Waals surface area (Å²) in [5.74, 6) is 0.136. The number of aromatic nitrogens is 1. The van der Waals surface area contributed by atoms with Crippen LogP contribution in [0.4, 0.5) is 10.2 Å². The van der Waals surface area contributed by atoms with Crippen molar-refractivity contribution in [2.75, 3.05) is 18.5 Å². The fourth-order valence-corrected chi connectivity index (χ4v) is 2.02. The van der Waals surface area contributed by atoms with E-state index in [1.54, 1.807) is 0 Å². The van der Waals surface area contributed by atoms with Crippen molar-refractivity contribution in [3.8, 4) is 0 Å². The van der Waals surface area contributed by atoms with E-state index >= 15 is 0 Å². The number of ether oxygens (including phenoxy) is 1. The van der Waals surface area contributed by atoms with Gasteiger partial charge in [-0.15, -0.1) is 0 Å². The molecule has 4 nitrogen and oxygen atoms in total. The highest BCUT2D eigenvalue weighted by molar-refractivity contribution is 9.10. The quantitative estimate of drug-likeness (QED) is 0.868. The van der Waals surface area contributed by atoms with E-state index < -0.39 is 11.9 Å². The fourth-order valence-electron chi connectivity index (χ4n) is 1.59. The van der Waals surface area contributed by atoms with Gasteiger partial charge in [-0.3, -0.25) is 0 Å². The van der Waals surface area contributed by atoms with Crippen LogP contribution in [0.5, 0.6) is 0 Å². The van der Waals surface area contributed by atoms with E-state index in [1.165, 1.54) is 6.07 Å². The first-order chi connectivity index (χ1) is 7.66. The Morgan fingerprint density at radius 1 is 1.62 bits per heavy atom. The van der Waals surface area contributed by atoms with Crippen LogP contribution in [0, 0.1) is 5.82 Å². The number of hydrogen-bond acceptors (Lipinski definition) is 4. The Morgan fingerprint density at radius 3 is 3.12 bits per heavy atom. The van der Waals surface area contributed by atoms with Crippen molar-refractivity contribution >= 4 is 21.7 Å². The molecule has 0 radical (unpaired) electrons. The van der Waals surface area contributed by atoms with Gasteiger partial charge in [-0.1, -0.05) is 0 Å². The third-order valence-electron chi connectivity index (χ3n) is 2.46. The Labute approximate surface area is 101 Å². The van der Waals surface area contributed by atoms with E-state index in [0.717, 1.165) is 6.20 Å². The van der Waals surface area contributed by atoms with Crippen molar-refractivity contribution < 1.29 is 14.2 Å². The van der Waals surface area contributed by atoms with Crippen LogP contribution in [0.15, 0.2) is 16.7 Å². The lowest BCUT2D eigenvalue weighted by Gasteiger charge is -2.29. The molecule has 2 rings (SSSR count). The predicted octanol–water partition coefficient (Wildman–Crippen LogP) is 1.54. The van der Waals surface area contributed by atoms with Crippen LogP contribution in [-0.4, -0.2) is 35.5 Å². The zero-order chi connectivity index (χ0) is 11.5. The molecule has 0 aromatic carbocycles. The largest absolute Gasteiger partial charge is 0.389 e. The molecule has 16 heavy (non-hydrogen) atoms. The summed E-state index contributed by atoms with van der Waals surface area (Å²) in [6.07, 6.45) is 1.28. The molecule has 2 atom stereocenters. The molecule has 0 amide bonds. The lowest BCUT2D eigenvalue weighted by Crippen LogP contribution is -2.42. The van der Waals surface area contributed by atoms with Gasteiger partial charge in [0.1, 0.15) is 11.6 Å². The molecule has 1 aromatic heterocycles. The minimum atomic E-state index is -0.562. The van der Waals surface area contributed by atoms with Gasteiger partial charge in [-0.25, -0.2) is 9.37 Å². The molecule has 1 saturated heterocycles. The summed E-state index contributed by atoms with van der Waals surface area (Å²) in [5.41, 5.74) is 0. The van der Waals surface area contributed by atoms with Gasteiger partial charge in [0.15, 0.2) is 0 Å². The van der Waals surface area contributed by atoms with Gasteiger partial charge in [-0.2, -0.15) is 0 Å². The van der Waals surface area contributed by atoms with Crippen molar-refractivity contribution in [2.24, 2.45) is 0 Å². The molecule has 1 aliphatic rings. The zero-order valence-corrected chi connectivity index (χ0v) is 10.1. The van der Waals surface area contributed by atoms with E-state index in [2.05, 4.69) is 26.2 Å². The van der Waals surface area contributed by atoms with Crippen LogP contribution in [-0.2, 0) is 4.74 Å². The van der Waals surface area contributed by atoms with Crippen LogP contribution in [0.3, 0.4) is 0 Å². The summed E-state index contributed by atoms with van der Waals surface area (Å²) in [4.78, 5) is 3.92. The smallest absolute Gasteiger partial charge is 0.142 e. The van der Waals surface area contributed by atoms with E-state index in [0.29, 0.717) is 29.9 Å². The average Bonchev–Trinajstić information content (AvgIpc) is 2.25. The molecular weight excluding hydrogens is 279 g/mol. The Morgan fingerprint density at radius 2 is 2.44 bits per heavy atom. The molecule has 0 spiro atoms. The standard InChI is InChI=1S/C10H12BrFN2O2/c11-7-3-6(12)4-13-10(7)14-8-1-2-16-5-9(8)15/h3-4,8-9,15H,1-2,5H2,(H,13,14)/t8-,9-/m1/s1. The second-order valence-corrected chi connectivity index (χ2v) is 4.52. The maximum absolute atomic E-state index is 12.8. The van der Waals surface area contributed by atoms with Crippen molar-refractivity contribution in [1.82, 2.24) is 4.98 Å². The number of nitrogens with one attached hydrogen (secondary N) is 1. The summed E-state index contributed by atoms with van der Waals surface area (Å²) in [6.45, 7) is 0.921. The monoisotopic (exact) mass is 290 g/mol. The Hall–Kier alpha value is -0.720. The maximum Gasteiger partial charge on any atom is 0.142 e. The molecule has 2 N–H and O–H groups in total. The lowest BCUT2D eigenvalue weighted by atomic mass is 10.1. The molecule has 1 aliphatic heterocycles. The fraction of sp³-hybridized carbons (Fsp3) is 0.500. The molecule has 88 valence electrons. The van der Waals surface area contributed by atoms with Gasteiger partial charge < -0.3 is 15.2 Å². The minimum Gasteiger partial charge on any atom is -0.389 e. The minimum absolute atomic E-state index is 0.108. The second kappa shape index (κ2) is 5.07. The van der Waals surface area contributed by atoms with Crippen LogP contribution in [0.2, 0.25) is 0 Å². The van der Waals surface area contributed by atoms with E-state index in [9.17, 15) is 9.50 Å². The number of nitrogens with zero attached hydrogens (tertiary/aromatic N) is 1. The topological polar surface area (TPSA) is 54.4 Å². The number of hydrogen-bond donors (Lipinski definition) is 2. The number of anilines is 1. The third-order valence-corrected chi connectivity index (χ3v) is 3.06. The number of rotatable bonds is 2. The highest BCUT2D eigenvalue weighted by Crippen LogP contribution is 2.23. The number of pyridine rings is 1. The van der Waals surface area contributed by atoms with E-state index in [1.807, 2.05) is 0 Å². The predicted molar refractivity (Wildman–Crippen MR) is 60.7 cm³/mol. The third kappa shape index (κ3) is 2.69. The summed E-state index contributed by atoms with van der Waals surface area (Å²) in [6, 6.07) is 1.23.